The molecule has 0 aromatic carbocycles. The first-order valence-electron chi connectivity index (χ1n) is 4.95. The number of hydrogen-bond donors (Lipinski definition) is 0. The van der Waals surface area contributed by atoms with Crippen molar-refractivity contribution in [2.75, 3.05) is 26.3 Å². The van der Waals surface area contributed by atoms with E-state index in [2.05, 4.69) is 6.58 Å². The zero-order valence-electron chi connectivity index (χ0n) is 8.61. The van der Waals surface area contributed by atoms with Gasteiger partial charge in [0.25, 0.3) is 0 Å². The van der Waals surface area contributed by atoms with Gasteiger partial charge in [-0.25, -0.2) is 9.59 Å². The quantitative estimate of drug-likeness (QED) is 0.387. The van der Waals surface area contributed by atoms with Crippen LogP contribution in [-0.4, -0.2) is 43.3 Å². The molecule has 0 N–H and O–H groups in total. The van der Waals surface area contributed by atoms with Crippen molar-refractivity contribution in [2.45, 2.75) is 12.8 Å². The number of cyclic esters (lactones) is 1. The predicted molar refractivity (Wildman–Crippen MR) is 53.3 cm³/mol. The van der Waals surface area contributed by atoms with E-state index in [4.69, 9.17) is 9.47 Å². The second-order valence-electron chi connectivity index (χ2n) is 3.18. The maximum Gasteiger partial charge on any atom is 0.409 e. The summed E-state index contributed by atoms with van der Waals surface area (Å²) in [6.07, 6.45) is 2.32. The highest BCUT2D eigenvalue weighted by Gasteiger charge is 2.18. The number of carbonyl (C=O) groups excluding carboxylic acids is 2. The van der Waals surface area contributed by atoms with Crippen LogP contribution in [0.15, 0.2) is 12.7 Å². The summed E-state index contributed by atoms with van der Waals surface area (Å²) in [4.78, 5) is 23.5. The summed E-state index contributed by atoms with van der Waals surface area (Å²) < 4.78 is 9.63. The van der Waals surface area contributed by atoms with Crippen molar-refractivity contribution in [3.8, 4) is 0 Å². The highest BCUT2D eigenvalue weighted by atomic mass is 16.6. The molecular formula is C10H15NO4. The van der Waals surface area contributed by atoms with Crippen LogP contribution in [0.5, 0.6) is 0 Å². The smallest absolute Gasteiger partial charge is 0.409 e. The fraction of sp³-hybridized carbons (Fsp3) is 0.600. The molecule has 1 amide bonds. The van der Waals surface area contributed by atoms with Crippen LogP contribution in [0.4, 0.5) is 4.79 Å². The van der Waals surface area contributed by atoms with Gasteiger partial charge in [-0.15, -0.1) is 0 Å². The number of rotatable bonds is 5. The standard InChI is InChI=1S/C10H15NO4/c1-2-9(12)14-7-3-5-11-6-4-8-15-10(11)13/h2H,1,3-8H2. The number of nitrogens with zero attached hydrogens (tertiary/aromatic N) is 1. The van der Waals surface area contributed by atoms with E-state index in [1.54, 1.807) is 4.90 Å². The van der Waals surface area contributed by atoms with Crippen LogP contribution >= 0.6 is 0 Å². The molecule has 1 rings (SSSR count). The van der Waals surface area contributed by atoms with E-state index in [1.807, 2.05) is 0 Å². The second-order valence-corrected chi connectivity index (χ2v) is 3.18. The third kappa shape index (κ3) is 4.01. The molecule has 0 aliphatic carbocycles. The monoisotopic (exact) mass is 213 g/mol. The maximum absolute atomic E-state index is 11.2. The normalized spacial score (nSPS) is 15.7. The summed E-state index contributed by atoms with van der Waals surface area (Å²) in [5.41, 5.74) is 0. The molecule has 1 saturated heterocycles. The fourth-order valence-corrected chi connectivity index (χ4v) is 1.29. The van der Waals surface area contributed by atoms with Crippen molar-refractivity contribution >= 4 is 12.1 Å². The van der Waals surface area contributed by atoms with Crippen LogP contribution in [-0.2, 0) is 14.3 Å². The van der Waals surface area contributed by atoms with Gasteiger partial charge in [0.15, 0.2) is 0 Å². The van der Waals surface area contributed by atoms with Crippen LogP contribution < -0.4 is 0 Å². The third-order valence-corrected chi connectivity index (χ3v) is 2.04. The van der Waals surface area contributed by atoms with Crippen LogP contribution in [0, 0.1) is 0 Å². The van der Waals surface area contributed by atoms with Crippen molar-refractivity contribution in [2.24, 2.45) is 0 Å². The number of ether oxygens (including phenoxy) is 2. The van der Waals surface area contributed by atoms with Crippen LogP contribution in [0.25, 0.3) is 0 Å². The van der Waals surface area contributed by atoms with Gasteiger partial charge in [0, 0.05) is 19.2 Å². The van der Waals surface area contributed by atoms with E-state index in [1.165, 1.54) is 0 Å². The number of carbonyl (C=O) groups is 2. The lowest BCUT2D eigenvalue weighted by atomic mass is 10.3. The Balaban J connectivity index is 2.11. The zero-order valence-corrected chi connectivity index (χ0v) is 8.61. The molecule has 1 aliphatic heterocycles. The van der Waals surface area contributed by atoms with E-state index in [0.717, 1.165) is 12.5 Å². The van der Waals surface area contributed by atoms with Crippen molar-refractivity contribution in [1.29, 1.82) is 0 Å². The maximum atomic E-state index is 11.2. The predicted octanol–water partition coefficient (Wildman–Crippen LogP) is 0.948. The lowest BCUT2D eigenvalue weighted by Crippen LogP contribution is -2.38. The van der Waals surface area contributed by atoms with E-state index in [-0.39, 0.29) is 6.09 Å². The minimum atomic E-state index is -0.434. The van der Waals surface area contributed by atoms with Gasteiger partial charge in [-0.3, -0.25) is 0 Å². The van der Waals surface area contributed by atoms with Gasteiger partial charge in [0.05, 0.1) is 13.2 Å². The van der Waals surface area contributed by atoms with E-state index >= 15 is 0 Å². The summed E-state index contributed by atoms with van der Waals surface area (Å²) in [6, 6.07) is 0. The number of amides is 1. The highest BCUT2D eigenvalue weighted by Crippen LogP contribution is 2.04. The molecule has 0 aromatic rings. The first-order valence-corrected chi connectivity index (χ1v) is 4.95. The summed E-state index contributed by atoms with van der Waals surface area (Å²) in [5.74, 6) is -0.434. The minimum Gasteiger partial charge on any atom is -0.462 e. The molecule has 0 radical (unpaired) electrons. The van der Waals surface area contributed by atoms with Crippen molar-refractivity contribution < 1.29 is 19.1 Å². The molecule has 1 heterocycles. The van der Waals surface area contributed by atoms with Crippen LogP contribution in [0.2, 0.25) is 0 Å². The number of esters is 1. The van der Waals surface area contributed by atoms with Crippen molar-refractivity contribution in [3.63, 3.8) is 0 Å². The van der Waals surface area contributed by atoms with Gasteiger partial charge in [-0.05, 0) is 12.8 Å². The Bertz CT molecular complexity index is 252. The summed E-state index contributed by atoms with van der Waals surface area (Å²) in [5, 5.41) is 0. The molecule has 5 heteroatoms. The Kier molecular flexibility index (Phi) is 4.66. The van der Waals surface area contributed by atoms with E-state index < -0.39 is 5.97 Å². The van der Waals surface area contributed by atoms with Gasteiger partial charge >= 0.3 is 12.1 Å². The Hall–Kier alpha value is -1.52. The number of hydrogen-bond acceptors (Lipinski definition) is 4. The highest BCUT2D eigenvalue weighted by molar-refractivity contribution is 5.81. The van der Waals surface area contributed by atoms with E-state index in [9.17, 15) is 9.59 Å². The third-order valence-electron chi connectivity index (χ3n) is 2.04. The van der Waals surface area contributed by atoms with Crippen molar-refractivity contribution in [1.82, 2.24) is 4.90 Å². The lowest BCUT2D eigenvalue weighted by Gasteiger charge is -2.25. The Morgan fingerprint density at radius 1 is 1.67 bits per heavy atom. The first kappa shape index (κ1) is 11.6. The van der Waals surface area contributed by atoms with Gasteiger partial charge in [0.2, 0.25) is 0 Å². The Labute approximate surface area is 88.6 Å². The average Bonchev–Trinajstić information content (AvgIpc) is 2.26. The molecule has 5 nitrogen and oxygen atoms in total. The Morgan fingerprint density at radius 3 is 3.13 bits per heavy atom. The molecule has 0 bridgehead atoms. The largest absolute Gasteiger partial charge is 0.462 e. The minimum absolute atomic E-state index is 0.281. The second kappa shape index (κ2) is 6.06. The molecule has 0 unspecified atom stereocenters. The van der Waals surface area contributed by atoms with Crippen molar-refractivity contribution in [3.05, 3.63) is 12.7 Å². The van der Waals surface area contributed by atoms with Gasteiger partial charge in [-0.2, -0.15) is 0 Å². The summed E-state index contributed by atoms with van der Waals surface area (Å²) in [7, 11) is 0. The molecule has 84 valence electrons. The van der Waals surface area contributed by atoms with Gasteiger partial charge < -0.3 is 14.4 Å². The van der Waals surface area contributed by atoms with Gasteiger partial charge in [0.1, 0.15) is 0 Å². The fourth-order valence-electron chi connectivity index (χ4n) is 1.29. The molecular weight excluding hydrogens is 198 g/mol. The van der Waals surface area contributed by atoms with Crippen LogP contribution in [0.1, 0.15) is 12.8 Å². The topological polar surface area (TPSA) is 55.8 Å². The molecule has 1 aliphatic rings. The van der Waals surface area contributed by atoms with E-state index in [0.29, 0.717) is 32.7 Å². The first-order chi connectivity index (χ1) is 7.24. The van der Waals surface area contributed by atoms with Crippen LogP contribution in [0.3, 0.4) is 0 Å². The molecule has 1 fully saturated rings. The molecule has 0 atom stereocenters. The summed E-state index contributed by atoms with van der Waals surface area (Å²) in [6.45, 7) is 5.36. The Morgan fingerprint density at radius 2 is 2.47 bits per heavy atom. The summed E-state index contributed by atoms with van der Waals surface area (Å²) >= 11 is 0. The lowest BCUT2D eigenvalue weighted by molar-refractivity contribution is -0.137. The zero-order chi connectivity index (χ0) is 11.1. The average molecular weight is 213 g/mol. The SMILES string of the molecule is C=CC(=O)OCCCN1CCCOC1=O. The molecule has 15 heavy (non-hydrogen) atoms. The molecule has 0 aromatic heterocycles. The molecule has 0 spiro atoms. The molecule has 0 saturated carbocycles. The van der Waals surface area contributed by atoms with Gasteiger partial charge in [-0.1, -0.05) is 6.58 Å².